The zero-order valence-electron chi connectivity index (χ0n) is 25.2. The molecule has 1 aromatic heterocycles. The second-order valence-electron chi connectivity index (χ2n) is 10.8. The summed E-state index contributed by atoms with van der Waals surface area (Å²) in [7, 11) is 2.55. The van der Waals surface area contributed by atoms with Crippen molar-refractivity contribution in [1.29, 1.82) is 0 Å². The maximum absolute atomic E-state index is 14.8. The zero-order chi connectivity index (χ0) is 33.0. The number of esters is 1. The summed E-state index contributed by atoms with van der Waals surface area (Å²) in [6.45, 7) is 3.89. The number of fused-ring (bicyclic) bond motifs is 4. The molecule has 244 valence electrons. The molecule has 0 spiro atoms. The third kappa shape index (κ3) is 6.76. The van der Waals surface area contributed by atoms with Crippen molar-refractivity contribution in [3.8, 4) is 11.3 Å². The highest BCUT2D eigenvalue weighted by Gasteiger charge is 2.38. The quantitative estimate of drug-likeness (QED) is 0.117. The summed E-state index contributed by atoms with van der Waals surface area (Å²) in [6, 6.07) is 5.84. The highest BCUT2D eigenvalue weighted by Crippen LogP contribution is 2.40. The van der Waals surface area contributed by atoms with E-state index in [0.717, 1.165) is 12.1 Å². The number of nitrogens with one attached hydrogen (secondary N) is 3. The summed E-state index contributed by atoms with van der Waals surface area (Å²) in [4.78, 5) is 51.9. The number of H-pyrrole nitrogens is 1. The third-order valence-electron chi connectivity index (χ3n) is 8.01. The van der Waals surface area contributed by atoms with Crippen LogP contribution in [-0.4, -0.2) is 66.5 Å². The maximum Gasteiger partial charge on any atom is 0.411 e. The van der Waals surface area contributed by atoms with Crippen LogP contribution in [0.15, 0.2) is 35.3 Å². The van der Waals surface area contributed by atoms with Gasteiger partial charge >= 0.3 is 18.2 Å². The fraction of sp³-hybridized carbons (Fsp3) is 0.387. The van der Waals surface area contributed by atoms with Gasteiger partial charge in [0.15, 0.2) is 5.82 Å². The molecule has 2 aliphatic rings. The largest absolute Gasteiger partial charge is 0.467 e. The first-order valence-electron chi connectivity index (χ1n) is 14.6. The molecule has 0 saturated carbocycles. The highest BCUT2D eigenvalue weighted by molar-refractivity contribution is 6.30. The highest BCUT2D eigenvalue weighted by atomic mass is 35.5. The van der Waals surface area contributed by atoms with E-state index in [1.54, 1.807) is 18.2 Å². The Hall–Kier alpha value is -4.72. The topological polar surface area (TPSA) is 147 Å². The van der Waals surface area contributed by atoms with Crippen LogP contribution in [0.5, 0.6) is 0 Å². The normalized spacial score (nSPS) is 19.8. The number of anilines is 2. The standard InChI is InChI=1S/C31H33ClF2N6O6/c1-35-15-22-27-17-9-8-16(36-30(42)45-3)14-21(17)37-20(29(41)44-2)6-4-5-7-23(28(38-22)39-27)40-13-12-24(46-31(40)43)25-19(33)11-10-18(32)26(25)34/h8-11,14,20,23-24,37H,1,4-7,12-13,15H2,2-3H3,(H,36,42)(H,38,39)/t20?,23-,24?/m0/s1. The number of hydrogen-bond acceptors (Lipinski definition) is 9. The van der Waals surface area contributed by atoms with Gasteiger partial charge in [0.05, 0.1) is 48.8 Å². The molecule has 3 atom stereocenters. The molecule has 0 radical (unpaired) electrons. The van der Waals surface area contributed by atoms with Crippen molar-refractivity contribution in [3.05, 3.63) is 64.1 Å². The number of carbonyl (C=O) groups is 3. The fourth-order valence-corrected chi connectivity index (χ4v) is 5.94. The Morgan fingerprint density at radius 3 is 2.67 bits per heavy atom. The molecule has 5 rings (SSSR count). The van der Waals surface area contributed by atoms with Crippen molar-refractivity contribution in [2.75, 3.05) is 31.4 Å². The van der Waals surface area contributed by atoms with Gasteiger partial charge in [-0.05, 0) is 49.9 Å². The van der Waals surface area contributed by atoms with E-state index in [0.29, 0.717) is 59.8 Å². The van der Waals surface area contributed by atoms with Crippen molar-refractivity contribution in [1.82, 2.24) is 14.9 Å². The van der Waals surface area contributed by atoms with E-state index in [4.69, 9.17) is 30.8 Å². The number of halogens is 3. The molecule has 15 heteroatoms. The van der Waals surface area contributed by atoms with Crippen LogP contribution in [0.3, 0.4) is 0 Å². The number of nitrogens with zero attached hydrogens (tertiary/aromatic N) is 3. The van der Waals surface area contributed by atoms with Crippen LogP contribution >= 0.6 is 11.6 Å². The Labute approximate surface area is 268 Å². The molecular weight excluding hydrogens is 626 g/mol. The van der Waals surface area contributed by atoms with Gasteiger partial charge in [-0.25, -0.2) is 28.1 Å². The second kappa shape index (κ2) is 14.1. The number of aromatic nitrogens is 2. The van der Waals surface area contributed by atoms with Crippen LogP contribution in [0.2, 0.25) is 5.02 Å². The minimum absolute atomic E-state index is 0.109. The number of aliphatic imine (C=N–C) groups is 1. The van der Waals surface area contributed by atoms with E-state index in [9.17, 15) is 23.2 Å². The van der Waals surface area contributed by atoms with Gasteiger partial charge in [-0.15, -0.1) is 0 Å². The number of rotatable bonds is 6. The molecule has 2 aliphatic heterocycles. The van der Waals surface area contributed by atoms with E-state index in [2.05, 4.69) is 27.3 Å². The average molecular weight is 659 g/mol. The van der Waals surface area contributed by atoms with Crippen molar-refractivity contribution in [2.24, 2.45) is 4.99 Å². The Balaban J connectivity index is 1.54. The van der Waals surface area contributed by atoms with Crippen molar-refractivity contribution in [3.63, 3.8) is 0 Å². The molecule has 2 unspecified atom stereocenters. The SMILES string of the molecule is C=NCc1[nH]c2nc1-c1ccc(NC(=O)OC)cc1NC(C(=O)OC)CCCC[C@@H]2N1CCC(c2c(F)ccc(Cl)c2F)OC1=O. The fourth-order valence-electron chi connectivity index (χ4n) is 5.78. The number of ether oxygens (including phenoxy) is 3. The third-order valence-corrected chi connectivity index (χ3v) is 8.30. The summed E-state index contributed by atoms with van der Waals surface area (Å²) in [5.74, 6) is -1.84. The number of benzene rings is 2. The number of methoxy groups -OCH3 is 2. The Morgan fingerprint density at radius 1 is 1.17 bits per heavy atom. The molecule has 2 amide bonds. The molecule has 2 aromatic carbocycles. The molecule has 0 aliphatic carbocycles. The molecule has 2 bridgehead atoms. The van der Waals surface area contributed by atoms with Gasteiger partial charge in [-0.2, -0.15) is 0 Å². The van der Waals surface area contributed by atoms with Crippen LogP contribution in [0.25, 0.3) is 11.3 Å². The van der Waals surface area contributed by atoms with Crippen LogP contribution in [0.4, 0.5) is 29.7 Å². The van der Waals surface area contributed by atoms with Gasteiger partial charge in [0, 0.05) is 29.9 Å². The average Bonchev–Trinajstić information content (AvgIpc) is 3.45. The van der Waals surface area contributed by atoms with E-state index < -0.39 is 53.5 Å². The second-order valence-corrected chi connectivity index (χ2v) is 11.2. The Morgan fingerprint density at radius 2 is 1.96 bits per heavy atom. The van der Waals surface area contributed by atoms with Gasteiger partial charge in [0.25, 0.3) is 0 Å². The minimum Gasteiger partial charge on any atom is -0.467 e. The van der Waals surface area contributed by atoms with Crippen LogP contribution in [0.1, 0.15) is 61.3 Å². The number of cyclic esters (lactones) is 1. The molecule has 1 saturated heterocycles. The lowest BCUT2D eigenvalue weighted by Crippen LogP contribution is -2.42. The summed E-state index contributed by atoms with van der Waals surface area (Å²) in [5.41, 5.74) is 2.15. The zero-order valence-corrected chi connectivity index (χ0v) is 26.0. The maximum atomic E-state index is 14.8. The molecule has 3 aromatic rings. The van der Waals surface area contributed by atoms with Crippen molar-refractivity contribution in [2.45, 2.75) is 56.8 Å². The predicted octanol–water partition coefficient (Wildman–Crippen LogP) is 6.54. The summed E-state index contributed by atoms with van der Waals surface area (Å²) >= 11 is 5.88. The summed E-state index contributed by atoms with van der Waals surface area (Å²) < 4.78 is 44.8. The smallest absolute Gasteiger partial charge is 0.411 e. The first-order chi connectivity index (χ1) is 22.1. The first-order valence-corrected chi connectivity index (χ1v) is 15.0. The number of aromatic amines is 1. The van der Waals surface area contributed by atoms with Crippen LogP contribution in [-0.2, 0) is 25.5 Å². The van der Waals surface area contributed by atoms with Crippen LogP contribution < -0.4 is 10.6 Å². The molecule has 12 nitrogen and oxygen atoms in total. The van der Waals surface area contributed by atoms with Crippen molar-refractivity contribution < 1.29 is 37.4 Å². The number of hydrogen-bond donors (Lipinski definition) is 3. The van der Waals surface area contributed by atoms with Gasteiger partial charge < -0.3 is 24.5 Å². The van der Waals surface area contributed by atoms with E-state index >= 15 is 0 Å². The first kappa shape index (κ1) is 32.7. The molecule has 1 fully saturated rings. The van der Waals surface area contributed by atoms with Gasteiger partial charge in [0.2, 0.25) is 0 Å². The summed E-state index contributed by atoms with van der Waals surface area (Å²) in [6.07, 6.45) is -0.503. The molecular formula is C31H33ClF2N6O6. The van der Waals surface area contributed by atoms with Gasteiger partial charge in [-0.1, -0.05) is 24.4 Å². The predicted molar refractivity (Wildman–Crippen MR) is 166 cm³/mol. The summed E-state index contributed by atoms with van der Waals surface area (Å²) in [5, 5.41) is 5.61. The lowest BCUT2D eigenvalue weighted by Gasteiger charge is -2.36. The van der Waals surface area contributed by atoms with Crippen molar-refractivity contribution >= 4 is 47.8 Å². The van der Waals surface area contributed by atoms with Crippen LogP contribution in [0, 0.1) is 11.6 Å². The minimum atomic E-state index is -1.16. The van der Waals surface area contributed by atoms with Gasteiger partial charge in [0.1, 0.15) is 23.8 Å². The molecule has 3 heterocycles. The monoisotopic (exact) mass is 658 g/mol. The van der Waals surface area contributed by atoms with Gasteiger partial charge in [-0.3, -0.25) is 15.2 Å². The number of amides is 2. The Kier molecular flexibility index (Phi) is 10.0. The van der Waals surface area contributed by atoms with E-state index in [-0.39, 0.29) is 24.5 Å². The molecule has 3 N–H and O–H groups in total. The molecule has 46 heavy (non-hydrogen) atoms. The van der Waals surface area contributed by atoms with E-state index in [1.807, 2.05) is 0 Å². The lowest BCUT2D eigenvalue weighted by atomic mass is 9.99. The van der Waals surface area contributed by atoms with E-state index in [1.165, 1.54) is 19.1 Å². The lowest BCUT2D eigenvalue weighted by molar-refractivity contribution is -0.141. The number of imidazole rings is 1. The number of carbonyl (C=O) groups excluding carboxylic acids is 3. The Bertz CT molecular complexity index is 1650.